The Bertz CT molecular complexity index is 324. The molecule has 0 saturated heterocycles. The minimum atomic E-state index is -2.85. The van der Waals surface area contributed by atoms with Crippen molar-refractivity contribution in [3.63, 3.8) is 0 Å². The normalized spacial score (nSPS) is 10.0. The Morgan fingerprint density at radius 1 is 1.43 bits per heavy atom. The number of methoxy groups -OCH3 is 1. The van der Waals surface area contributed by atoms with Gasteiger partial charge < -0.3 is 9.47 Å². The topological polar surface area (TPSA) is 18.5 Å². The molecule has 1 rings (SSSR count). The maximum Gasteiger partial charge on any atom is 0.387 e. The number of ether oxygens (including phenoxy) is 2. The molecule has 0 spiro atoms. The average Bonchev–Trinajstić information content (AvgIpc) is 2.17. The van der Waals surface area contributed by atoms with Gasteiger partial charge in [0, 0.05) is 5.56 Å². The third kappa shape index (κ3) is 2.45. The van der Waals surface area contributed by atoms with E-state index >= 15 is 0 Å². The predicted octanol–water partition coefficient (Wildman–Crippen LogP) is 2.63. The van der Waals surface area contributed by atoms with Crippen LogP contribution in [0.3, 0.4) is 0 Å². The lowest BCUT2D eigenvalue weighted by molar-refractivity contribution is -0.0501. The number of rotatable bonds is 4. The summed E-state index contributed by atoms with van der Waals surface area (Å²) in [6, 6.07) is 4.43. The predicted molar refractivity (Wildman–Crippen MR) is 47.6 cm³/mol. The van der Waals surface area contributed by atoms with E-state index in [4.69, 9.17) is 4.74 Å². The molecule has 0 amide bonds. The Balaban J connectivity index is 2.99. The van der Waals surface area contributed by atoms with E-state index in [0.29, 0.717) is 11.3 Å². The minimum Gasteiger partial charge on any atom is -0.497 e. The minimum absolute atomic E-state index is 0.0378. The molecule has 2 nitrogen and oxygen atoms in total. The first kappa shape index (κ1) is 10.5. The molecule has 0 fully saturated rings. The van der Waals surface area contributed by atoms with Crippen LogP contribution in [0.1, 0.15) is 5.56 Å². The highest BCUT2D eigenvalue weighted by molar-refractivity contribution is 5.43. The molecule has 1 aromatic rings. The SMILES string of the molecule is C=[C]c1cc(OC)ccc1OC(F)F. The van der Waals surface area contributed by atoms with E-state index in [0.717, 1.165) is 0 Å². The van der Waals surface area contributed by atoms with Gasteiger partial charge in [-0.25, -0.2) is 0 Å². The van der Waals surface area contributed by atoms with Gasteiger partial charge in [0.05, 0.1) is 7.11 Å². The largest absolute Gasteiger partial charge is 0.497 e. The van der Waals surface area contributed by atoms with Gasteiger partial charge in [-0.05, 0) is 24.3 Å². The van der Waals surface area contributed by atoms with Gasteiger partial charge in [-0.3, -0.25) is 0 Å². The summed E-state index contributed by atoms with van der Waals surface area (Å²) in [6.07, 6.45) is 2.49. The van der Waals surface area contributed by atoms with Gasteiger partial charge in [0.25, 0.3) is 0 Å². The molecule has 75 valence electrons. The summed E-state index contributed by atoms with van der Waals surface area (Å²) >= 11 is 0. The molecule has 14 heavy (non-hydrogen) atoms. The van der Waals surface area contributed by atoms with Crippen LogP contribution in [0.4, 0.5) is 8.78 Å². The quantitative estimate of drug-likeness (QED) is 0.742. The van der Waals surface area contributed by atoms with Crippen LogP contribution in [0.25, 0.3) is 0 Å². The fraction of sp³-hybridized carbons (Fsp3) is 0.200. The zero-order valence-corrected chi connectivity index (χ0v) is 7.59. The molecule has 0 aromatic heterocycles. The lowest BCUT2D eigenvalue weighted by Gasteiger charge is -2.08. The smallest absolute Gasteiger partial charge is 0.387 e. The number of alkyl halides is 2. The fourth-order valence-electron chi connectivity index (χ4n) is 0.973. The second-order valence-electron chi connectivity index (χ2n) is 2.42. The van der Waals surface area contributed by atoms with Gasteiger partial charge in [0.2, 0.25) is 0 Å². The zero-order valence-electron chi connectivity index (χ0n) is 7.59. The van der Waals surface area contributed by atoms with Gasteiger partial charge in [0.15, 0.2) is 0 Å². The summed E-state index contributed by atoms with van der Waals surface area (Å²) in [4.78, 5) is 0. The molecule has 1 radical (unpaired) electrons. The third-order valence-electron chi connectivity index (χ3n) is 1.59. The van der Waals surface area contributed by atoms with Gasteiger partial charge in [-0.2, -0.15) is 8.78 Å². The van der Waals surface area contributed by atoms with Crippen LogP contribution in [0.5, 0.6) is 11.5 Å². The summed E-state index contributed by atoms with van der Waals surface area (Å²) in [6.45, 7) is 0.517. The van der Waals surface area contributed by atoms with E-state index in [1.165, 1.54) is 25.3 Å². The molecule has 0 heterocycles. The second-order valence-corrected chi connectivity index (χ2v) is 2.42. The molecule has 0 bridgehead atoms. The summed E-state index contributed by atoms with van der Waals surface area (Å²) in [5, 5.41) is 0. The molecular formula is C10H9F2O2. The van der Waals surface area contributed by atoms with E-state index in [2.05, 4.69) is 17.4 Å². The molecule has 0 saturated carbocycles. The van der Waals surface area contributed by atoms with Crippen molar-refractivity contribution in [2.75, 3.05) is 7.11 Å². The molecule has 0 unspecified atom stereocenters. The molecule has 0 aliphatic heterocycles. The van der Waals surface area contributed by atoms with Crippen LogP contribution < -0.4 is 9.47 Å². The number of hydrogen-bond acceptors (Lipinski definition) is 2. The first-order chi connectivity index (χ1) is 6.67. The van der Waals surface area contributed by atoms with Crippen molar-refractivity contribution in [3.05, 3.63) is 36.4 Å². The van der Waals surface area contributed by atoms with Crippen molar-refractivity contribution in [3.8, 4) is 11.5 Å². The molecule has 0 N–H and O–H groups in total. The van der Waals surface area contributed by atoms with E-state index in [1.807, 2.05) is 0 Å². The van der Waals surface area contributed by atoms with Crippen molar-refractivity contribution >= 4 is 0 Å². The van der Waals surface area contributed by atoms with E-state index in [-0.39, 0.29) is 5.75 Å². The van der Waals surface area contributed by atoms with Crippen molar-refractivity contribution in [1.82, 2.24) is 0 Å². The molecule has 0 aliphatic carbocycles. The van der Waals surface area contributed by atoms with Crippen LogP contribution in [0.15, 0.2) is 24.8 Å². The van der Waals surface area contributed by atoms with Crippen LogP contribution in [0.2, 0.25) is 0 Å². The van der Waals surface area contributed by atoms with Crippen molar-refractivity contribution < 1.29 is 18.3 Å². The van der Waals surface area contributed by atoms with E-state index in [1.54, 1.807) is 0 Å². The fourth-order valence-corrected chi connectivity index (χ4v) is 0.973. The standard InChI is InChI=1S/C10H9F2O2/c1-3-7-6-8(13-2)4-5-9(7)14-10(11)12/h4-6,10H,1H2,2H3. The monoisotopic (exact) mass is 199 g/mol. The first-order valence-corrected chi connectivity index (χ1v) is 3.83. The molecule has 0 atom stereocenters. The number of hydrogen-bond donors (Lipinski definition) is 0. The Kier molecular flexibility index (Phi) is 3.45. The number of halogens is 2. The summed E-state index contributed by atoms with van der Waals surface area (Å²) in [5.74, 6) is 0.577. The van der Waals surface area contributed by atoms with Gasteiger partial charge in [-0.1, -0.05) is 6.58 Å². The lowest BCUT2D eigenvalue weighted by atomic mass is 10.2. The highest BCUT2D eigenvalue weighted by atomic mass is 19.3. The second kappa shape index (κ2) is 4.60. The number of benzene rings is 1. The highest BCUT2D eigenvalue weighted by Crippen LogP contribution is 2.25. The molecule has 4 heteroatoms. The molecular weight excluding hydrogens is 190 g/mol. The molecule has 0 aliphatic rings. The highest BCUT2D eigenvalue weighted by Gasteiger charge is 2.08. The van der Waals surface area contributed by atoms with Crippen LogP contribution >= 0.6 is 0 Å². The van der Waals surface area contributed by atoms with Gasteiger partial charge >= 0.3 is 6.61 Å². The summed E-state index contributed by atoms with van der Waals surface area (Å²) in [7, 11) is 1.48. The van der Waals surface area contributed by atoms with Crippen molar-refractivity contribution in [2.24, 2.45) is 0 Å². The maximum atomic E-state index is 11.9. The summed E-state index contributed by atoms with van der Waals surface area (Å²) in [5.41, 5.74) is 0.352. The van der Waals surface area contributed by atoms with Crippen molar-refractivity contribution in [1.29, 1.82) is 0 Å². The van der Waals surface area contributed by atoms with Crippen LogP contribution in [-0.4, -0.2) is 13.7 Å². The Morgan fingerprint density at radius 3 is 2.64 bits per heavy atom. The Hall–Kier alpha value is -1.58. The van der Waals surface area contributed by atoms with Gasteiger partial charge in [0.1, 0.15) is 11.5 Å². The van der Waals surface area contributed by atoms with E-state index < -0.39 is 6.61 Å². The molecule has 1 aromatic carbocycles. The average molecular weight is 199 g/mol. The Labute approximate surface area is 80.8 Å². The van der Waals surface area contributed by atoms with Gasteiger partial charge in [-0.15, -0.1) is 0 Å². The van der Waals surface area contributed by atoms with Crippen LogP contribution in [-0.2, 0) is 0 Å². The zero-order chi connectivity index (χ0) is 10.6. The van der Waals surface area contributed by atoms with E-state index in [9.17, 15) is 8.78 Å². The third-order valence-corrected chi connectivity index (χ3v) is 1.59. The first-order valence-electron chi connectivity index (χ1n) is 3.83. The Morgan fingerprint density at radius 2 is 2.14 bits per heavy atom. The maximum absolute atomic E-state index is 11.9. The van der Waals surface area contributed by atoms with Crippen molar-refractivity contribution in [2.45, 2.75) is 6.61 Å². The lowest BCUT2D eigenvalue weighted by Crippen LogP contribution is -2.03. The van der Waals surface area contributed by atoms with Crippen LogP contribution in [0, 0.1) is 6.08 Å². The summed E-state index contributed by atoms with van der Waals surface area (Å²) < 4.78 is 33.0.